The largest absolute Gasteiger partial charge is 0.380 e. The van der Waals surface area contributed by atoms with Crippen LogP contribution in [-0.4, -0.2) is 16.5 Å². The third-order valence-electron chi connectivity index (χ3n) is 2.34. The lowest BCUT2D eigenvalue weighted by Crippen LogP contribution is -2.02. The van der Waals surface area contributed by atoms with Crippen LogP contribution in [0.5, 0.6) is 0 Å². The van der Waals surface area contributed by atoms with E-state index in [0.29, 0.717) is 17.1 Å². The third-order valence-corrected chi connectivity index (χ3v) is 4.45. The molecule has 1 N–H and O–H groups in total. The van der Waals surface area contributed by atoms with Crippen molar-refractivity contribution in [3.05, 3.63) is 39.4 Å². The topological polar surface area (TPSA) is 68.1 Å². The van der Waals surface area contributed by atoms with E-state index in [-0.39, 0.29) is 10.6 Å². The Morgan fingerprint density at radius 1 is 1.53 bits per heavy atom. The number of nitro benzene ring substituents is 1. The molecule has 1 heterocycles. The molecule has 0 atom stereocenters. The molecule has 0 radical (unpaired) electrons. The average molecular weight is 295 g/mol. The molecule has 0 saturated carbocycles. The minimum Gasteiger partial charge on any atom is -0.380 e. The highest BCUT2D eigenvalue weighted by molar-refractivity contribution is 8.01. The van der Waals surface area contributed by atoms with Crippen molar-refractivity contribution in [2.45, 2.75) is 23.1 Å². The highest BCUT2D eigenvalue weighted by Crippen LogP contribution is 2.40. The van der Waals surface area contributed by atoms with Crippen LogP contribution in [0.2, 0.25) is 0 Å². The first-order valence-corrected chi connectivity index (χ1v) is 7.42. The highest BCUT2D eigenvalue weighted by atomic mass is 32.2. The van der Waals surface area contributed by atoms with E-state index in [1.807, 2.05) is 25.3 Å². The summed E-state index contributed by atoms with van der Waals surface area (Å²) in [4.78, 5) is 15.8. The summed E-state index contributed by atoms with van der Waals surface area (Å²) in [5.74, 6) is 0. The predicted molar refractivity (Wildman–Crippen MR) is 78.2 cm³/mol. The summed E-state index contributed by atoms with van der Waals surface area (Å²) in [5, 5.41) is 16.2. The number of benzene rings is 1. The molecule has 100 valence electrons. The maximum atomic E-state index is 11.2. The van der Waals surface area contributed by atoms with Gasteiger partial charge in [-0.15, -0.1) is 11.3 Å². The number of para-hydroxylation sites is 1. The van der Waals surface area contributed by atoms with E-state index >= 15 is 0 Å². The number of nitrogens with one attached hydrogen (secondary N) is 1. The standard InChI is InChI=1S/C12H13N3O2S2/c1-3-13-9-5-4-6-10(11(9)15(16)17)19-12-14-8(2)7-18-12/h4-7,13H,3H2,1-2H3. The molecule has 0 bridgehead atoms. The second-order valence-corrected chi connectivity index (χ2v) is 5.94. The Morgan fingerprint density at radius 3 is 2.89 bits per heavy atom. The molecule has 0 aliphatic heterocycles. The van der Waals surface area contributed by atoms with Crippen LogP contribution in [0.15, 0.2) is 32.8 Å². The molecule has 7 heteroatoms. The second kappa shape index (κ2) is 6.03. The van der Waals surface area contributed by atoms with Gasteiger partial charge in [-0.1, -0.05) is 17.8 Å². The van der Waals surface area contributed by atoms with Crippen molar-refractivity contribution in [3.63, 3.8) is 0 Å². The Hall–Kier alpha value is -1.60. The van der Waals surface area contributed by atoms with E-state index in [1.54, 1.807) is 12.1 Å². The Labute approximate surface area is 119 Å². The van der Waals surface area contributed by atoms with Crippen LogP contribution in [0, 0.1) is 17.0 Å². The van der Waals surface area contributed by atoms with Crippen molar-refractivity contribution in [1.29, 1.82) is 0 Å². The zero-order valence-electron chi connectivity index (χ0n) is 10.5. The van der Waals surface area contributed by atoms with Crippen molar-refractivity contribution in [3.8, 4) is 0 Å². The van der Waals surface area contributed by atoms with Gasteiger partial charge in [0.25, 0.3) is 0 Å². The fraction of sp³-hybridized carbons (Fsp3) is 0.250. The number of hydrogen-bond donors (Lipinski definition) is 1. The molecule has 2 rings (SSSR count). The van der Waals surface area contributed by atoms with E-state index in [4.69, 9.17) is 0 Å². The summed E-state index contributed by atoms with van der Waals surface area (Å²) in [5.41, 5.74) is 1.59. The summed E-state index contributed by atoms with van der Waals surface area (Å²) in [6.45, 7) is 4.46. The number of anilines is 1. The van der Waals surface area contributed by atoms with Crippen LogP contribution in [0.3, 0.4) is 0 Å². The molecule has 19 heavy (non-hydrogen) atoms. The van der Waals surface area contributed by atoms with E-state index < -0.39 is 0 Å². The first-order chi connectivity index (χ1) is 9.11. The lowest BCUT2D eigenvalue weighted by atomic mass is 10.2. The van der Waals surface area contributed by atoms with Crippen molar-refractivity contribution in [2.75, 3.05) is 11.9 Å². The molecule has 0 aliphatic rings. The van der Waals surface area contributed by atoms with Gasteiger partial charge in [0.2, 0.25) is 0 Å². The summed E-state index contributed by atoms with van der Waals surface area (Å²) in [6, 6.07) is 5.28. The highest BCUT2D eigenvalue weighted by Gasteiger charge is 2.20. The summed E-state index contributed by atoms with van der Waals surface area (Å²) < 4.78 is 0.814. The maximum absolute atomic E-state index is 11.2. The van der Waals surface area contributed by atoms with Crippen molar-refractivity contribution in [1.82, 2.24) is 4.98 Å². The molecule has 1 aromatic carbocycles. The van der Waals surface area contributed by atoms with Gasteiger partial charge < -0.3 is 5.32 Å². The lowest BCUT2D eigenvalue weighted by Gasteiger charge is -2.07. The van der Waals surface area contributed by atoms with E-state index in [1.165, 1.54) is 23.1 Å². The Bertz CT molecular complexity index is 598. The van der Waals surface area contributed by atoms with E-state index in [2.05, 4.69) is 10.3 Å². The summed E-state index contributed by atoms with van der Waals surface area (Å²) in [7, 11) is 0. The number of thiazole rings is 1. The molecule has 0 saturated heterocycles. The monoisotopic (exact) mass is 295 g/mol. The molecule has 0 fully saturated rings. The van der Waals surface area contributed by atoms with Gasteiger partial charge in [0.1, 0.15) is 5.69 Å². The fourth-order valence-electron chi connectivity index (χ4n) is 1.60. The number of nitrogens with zero attached hydrogens (tertiary/aromatic N) is 2. The maximum Gasteiger partial charge on any atom is 0.306 e. The normalized spacial score (nSPS) is 10.4. The van der Waals surface area contributed by atoms with Crippen LogP contribution in [0.1, 0.15) is 12.6 Å². The molecule has 0 aliphatic carbocycles. The van der Waals surface area contributed by atoms with Crippen LogP contribution >= 0.6 is 23.1 Å². The van der Waals surface area contributed by atoms with Gasteiger partial charge in [-0.25, -0.2) is 4.98 Å². The van der Waals surface area contributed by atoms with Gasteiger partial charge in [0.15, 0.2) is 4.34 Å². The van der Waals surface area contributed by atoms with Gasteiger partial charge >= 0.3 is 5.69 Å². The zero-order chi connectivity index (χ0) is 13.8. The number of rotatable bonds is 5. The van der Waals surface area contributed by atoms with Crippen LogP contribution < -0.4 is 5.32 Å². The van der Waals surface area contributed by atoms with Gasteiger partial charge in [-0.2, -0.15) is 0 Å². The minimum absolute atomic E-state index is 0.113. The summed E-state index contributed by atoms with van der Waals surface area (Å²) >= 11 is 2.82. The van der Waals surface area contributed by atoms with Crippen LogP contribution in [-0.2, 0) is 0 Å². The Balaban J connectivity index is 2.38. The fourth-order valence-corrected chi connectivity index (χ4v) is 3.53. The van der Waals surface area contributed by atoms with E-state index in [9.17, 15) is 10.1 Å². The van der Waals surface area contributed by atoms with Crippen molar-refractivity contribution < 1.29 is 4.92 Å². The number of nitro groups is 1. The van der Waals surface area contributed by atoms with Crippen molar-refractivity contribution >= 4 is 34.5 Å². The van der Waals surface area contributed by atoms with Gasteiger partial charge in [-0.3, -0.25) is 10.1 Å². The van der Waals surface area contributed by atoms with Gasteiger partial charge in [-0.05, 0) is 26.0 Å². The molecule has 0 amide bonds. The van der Waals surface area contributed by atoms with Crippen LogP contribution in [0.4, 0.5) is 11.4 Å². The quantitative estimate of drug-likeness (QED) is 0.668. The Morgan fingerprint density at radius 2 is 2.32 bits per heavy atom. The molecule has 0 spiro atoms. The molecule has 0 unspecified atom stereocenters. The molecule has 2 aromatic rings. The number of aryl methyl sites for hydroxylation is 1. The predicted octanol–water partition coefficient (Wildman–Crippen LogP) is 3.94. The molecule has 1 aromatic heterocycles. The molecular weight excluding hydrogens is 282 g/mol. The SMILES string of the molecule is CCNc1cccc(Sc2nc(C)cs2)c1[N+](=O)[O-]. The number of aromatic nitrogens is 1. The first kappa shape index (κ1) is 13.8. The zero-order valence-corrected chi connectivity index (χ0v) is 12.2. The molecular formula is C12H13N3O2S2. The van der Waals surface area contributed by atoms with E-state index in [0.717, 1.165) is 10.0 Å². The van der Waals surface area contributed by atoms with Crippen molar-refractivity contribution in [2.24, 2.45) is 0 Å². The third kappa shape index (κ3) is 3.24. The number of hydrogen-bond acceptors (Lipinski definition) is 6. The Kier molecular flexibility index (Phi) is 4.39. The smallest absolute Gasteiger partial charge is 0.306 e. The first-order valence-electron chi connectivity index (χ1n) is 5.73. The lowest BCUT2D eigenvalue weighted by molar-refractivity contribution is -0.386. The second-order valence-electron chi connectivity index (χ2n) is 3.80. The van der Waals surface area contributed by atoms with Crippen LogP contribution in [0.25, 0.3) is 0 Å². The van der Waals surface area contributed by atoms with Gasteiger partial charge in [0.05, 0.1) is 9.82 Å². The van der Waals surface area contributed by atoms with Gasteiger partial charge in [0, 0.05) is 17.6 Å². The molecule has 5 nitrogen and oxygen atoms in total. The summed E-state index contributed by atoms with van der Waals surface area (Å²) in [6.07, 6.45) is 0. The average Bonchev–Trinajstić information content (AvgIpc) is 2.75. The minimum atomic E-state index is -0.346.